The van der Waals surface area contributed by atoms with Crippen LogP contribution in [0.4, 0.5) is 0 Å². The highest BCUT2D eigenvalue weighted by atomic mass is 16.4. The van der Waals surface area contributed by atoms with Crippen molar-refractivity contribution in [3.63, 3.8) is 0 Å². The van der Waals surface area contributed by atoms with Gasteiger partial charge in [-0.1, -0.05) is 12.1 Å². The largest absolute Gasteiger partial charge is 0.422 e. The Kier molecular flexibility index (Phi) is 2.19. The number of hydrogen-bond donors (Lipinski definition) is 0. The van der Waals surface area contributed by atoms with Gasteiger partial charge in [0.25, 0.3) is 5.56 Å². The maximum absolute atomic E-state index is 11.9. The van der Waals surface area contributed by atoms with Gasteiger partial charge in [-0.25, -0.2) is 9.36 Å². The third-order valence-corrected chi connectivity index (χ3v) is 2.25. The number of para-hydroxylation sites is 1. The summed E-state index contributed by atoms with van der Waals surface area (Å²) in [6.07, 6.45) is 0. The lowest BCUT2D eigenvalue weighted by molar-refractivity contribution is 0.426. The van der Waals surface area contributed by atoms with Crippen molar-refractivity contribution in [2.24, 2.45) is 0 Å². The predicted molar refractivity (Wildman–Crippen MR) is 57.1 cm³/mol. The lowest BCUT2D eigenvalue weighted by Crippen LogP contribution is -2.33. The summed E-state index contributed by atoms with van der Waals surface area (Å²) in [5.74, 6) is -0.603. The van der Waals surface area contributed by atoms with Crippen LogP contribution in [0.15, 0.2) is 38.3 Å². The van der Waals surface area contributed by atoms with Crippen LogP contribution in [0, 0.1) is 0 Å². The number of nitrogens with zero attached hydrogens (tertiary/aromatic N) is 1. The van der Waals surface area contributed by atoms with Crippen LogP contribution in [0.2, 0.25) is 0 Å². The van der Waals surface area contributed by atoms with E-state index in [0.29, 0.717) is 11.0 Å². The molecule has 1 aromatic carbocycles. The molecular formula is C11H11NO3. The van der Waals surface area contributed by atoms with Gasteiger partial charge >= 0.3 is 5.76 Å². The smallest absolute Gasteiger partial charge is 0.409 e. The molecule has 15 heavy (non-hydrogen) atoms. The Morgan fingerprint density at radius 3 is 2.53 bits per heavy atom. The van der Waals surface area contributed by atoms with Crippen molar-refractivity contribution in [2.75, 3.05) is 0 Å². The Labute approximate surface area is 85.8 Å². The second kappa shape index (κ2) is 3.38. The molecule has 0 N–H and O–H groups in total. The average Bonchev–Trinajstić information content (AvgIpc) is 2.17. The van der Waals surface area contributed by atoms with E-state index in [2.05, 4.69) is 0 Å². The van der Waals surface area contributed by atoms with Crippen molar-refractivity contribution in [1.29, 1.82) is 0 Å². The van der Waals surface area contributed by atoms with E-state index >= 15 is 0 Å². The van der Waals surface area contributed by atoms with Crippen molar-refractivity contribution in [3.8, 4) is 0 Å². The molecular weight excluding hydrogens is 194 g/mol. The minimum Gasteiger partial charge on any atom is -0.409 e. The first kappa shape index (κ1) is 9.71. The fourth-order valence-corrected chi connectivity index (χ4v) is 1.53. The molecule has 0 atom stereocenters. The molecule has 0 aliphatic heterocycles. The molecule has 0 unspecified atom stereocenters. The van der Waals surface area contributed by atoms with Crippen LogP contribution in [-0.2, 0) is 0 Å². The highest BCUT2D eigenvalue weighted by molar-refractivity contribution is 5.74. The van der Waals surface area contributed by atoms with Crippen molar-refractivity contribution in [1.82, 2.24) is 4.57 Å². The second-order valence-corrected chi connectivity index (χ2v) is 3.63. The molecule has 4 nitrogen and oxygen atoms in total. The monoisotopic (exact) mass is 205 g/mol. The van der Waals surface area contributed by atoms with E-state index in [4.69, 9.17) is 4.42 Å². The highest BCUT2D eigenvalue weighted by Crippen LogP contribution is 2.07. The summed E-state index contributed by atoms with van der Waals surface area (Å²) >= 11 is 0. The fourth-order valence-electron chi connectivity index (χ4n) is 1.53. The summed E-state index contributed by atoms with van der Waals surface area (Å²) < 4.78 is 6.16. The standard InChI is InChI=1S/C11H11NO3/c1-7(2)12-10(13)8-5-3-4-6-9(8)15-11(12)14/h3-7H,1-2H3. The zero-order valence-corrected chi connectivity index (χ0v) is 8.56. The van der Waals surface area contributed by atoms with E-state index in [1.54, 1.807) is 38.1 Å². The molecule has 0 aliphatic rings. The lowest BCUT2D eigenvalue weighted by atomic mass is 10.2. The molecule has 1 heterocycles. The number of rotatable bonds is 1. The number of fused-ring (bicyclic) bond motifs is 1. The number of aromatic nitrogens is 1. The third kappa shape index (κ3) is 1.48. The summed E-state index contributed by atoms with van der Waals surface area (Å²) in [4.78, 5) is 23.4. The molecule has 0 fully saturated rings. The Balaban J connectivity index is 2.97. The van der Waals surface area contributed by atoms with Gasteiger partial charge in [0.05, 0.1) is 5.39 Å². The summed E-state index contributed by atoms with van der Waals surface area (Å²) in [5, 5.41) is 0.436. The zero-order chi connectivity index (χ0) is 11.0. The molecule has 4 heteroatoms. The van der Waals surface area contributed by atoms with Crippen LogP contribution in [0.3, 0.4) is 0 Å². The number of benzene rings is 1. The topological polar surface area (TPSA) is 52.2 Å². The van der Waals surface area contributed by atoms with Gasteiger partial charge in [-0.2, -0.15) is 0 Å². The van der Waals surface area contributed by atoms with Crippen LogP contribution in [0.1, 0.15) is 19.9 Å². The minimum absolute atomic E-state index is 0.196. The summed E-state index contributed by atoms with van der Waals surface area (Å²) in [6, 6.07) is 6.54. The Hall–Kier alpha value is -1.84. The maximum atomic E-state index is 11.9. The van der Waals surface area contributed by atoms with Gasteiger partial charge in [0.1, 0.15) is 5.58 Å². The summed E-state index contributed by atoms with van der Waals surface area (Å²) in [6.45, 7) is 3.54. The Morgan fingerprint density at radius 2 is 1.87 bits per heavy atom. The molecule has 2 aromatic rings. The quantitative estimate of drug-likeness (QED) is 0.709. The van der Waals surface area contributed by atoms with E-state index in [-0.39, 0.29) is 11.6 Å². The Morgan fingerprint density at radius 1 is 1.20 bits per heavy atom. The minimum atomic E-state index is -0.603. The van der Waals surface area contributed by atoms with Gasteiger partial charge in [0.2, 0.25) is 0 Å². The molecule has 0 bridgehead atoms. The molecule has 0 amide bonds. The van der Waals surface area contributed by atoms with Crippen LogP contribution >= 0.6 is 0 Å². The van der Waals surface area contributed by atoms with Crippen molar-refractivity contribution < 1.29 is 4.42 Å². The lowest BCUT2D eigenvalue weighted by Gasteiger charge is -2.07. The van der Waals surface area contributed by atoms with E-state index in [9.17, 15) is 9.59 Å². The first-order chi connectivity index (χ1) is 7.11. The van der Waals surface area contributed by atoms with Crippen molar-refractivity contribution in [3.05, 3.63) is 45.2 Å². The van der Waals surface area contributed by atoms with Crippen LogP contribution < -0.4 is 11.3 Å². The molecule has 78 valence electrons. The van der Waals surface area contributed by atoms with E-state index in [1.807, 2.05) is 0 Å². The second-order valence-electron chi connectivity index (χ2n) is 3.63. The highest BCUT2D eigenvalue weighted by Gasteiger charge is 2.10. The molecule has 0 saturated carbocycles. The predicted octanol–water partition coefficient (Wildman–Crippen LogP) is 1.54. The van der Waals surface area contributed by atoms with Crippen molar-refractivity contribution in [2.45, 2.75) is 19.9 Å². The van der Waals surface area contributed by atoms with Gasteiger partial charge in [-0.05, 0) is 26.0 Å². The molecule has 2 rings (SSSR count). The first-order valence-electron chi connectivity index (χ1n) is 4.75. The van der Waals surface area contributed by atoms with Gasteiger partial charge in [0.15, 0.2) is 0 Å². The van der Waals surface area contributed by atoms with Gasteiger partial charge < -0.3 is 4.42 Å². The SMILES string of the molecule is CC(C)n1c(=O)oc2ccccc2c1=O. The number of hydrogen-bond acceptors (Lipinski definition) is 3. The van der Waals surface area contributed by atoms with E-state index < -0.39 is 5.76 Å². The normalized spacial score (nSPS) is 11.1. The van der Waals surface area contributed by atoms with Crippen LogP contribution in [0.5, 0.6) is 0 Å². The van der Waals surface area contributed by atoms with Gasteiger partial charge in [0, 0.05) is 6.04 Å². The van der Waals surface area contributed by atoms with Crippen LogP contribution in [0.25, 0.3) is 11.0 Å². The summed E-state index contributed by atoms with van der Waals surface area (Å²) in [7, 11) is 0. The molecule has 0 spiro atoms. The first-order valence-corrected chi connectivity index (χ1v) is 4.75. The fraction of sp³-hybridized carbons (Fsp3) is 0.273. The Bertz CT molecular complexity index is 607. The molecule has 1 aromatic heterocycles. The molecule has 0 radical (unpaired) electrons. The molecule has 0 saturated heterocycles. The van der Waals surface area contributed by atoms with Crippen molar-refractivity contribution >= 4 is 11.0 Å². The molecule has 0 aliphatic carbocycles. The van der Waals surface area contributed by atoms with Crippen LogP contribution in [-0.4, -0.2) is 4.57 Å². The average molecular weight is 205 g/mol. The zero-order valence-electron chi connectivity index (χ0n) is 8.56. The summed E-state index contributed by atoms with van der Waals surface area (Å²) in [5.41, 5.74) is 0.0428. The third-order valence-electron chi connectivity index (χ3n) is 2.25. The maximum Gasteiger partial charge on any atom is 0.422 e. The van der Waals surface area contributed by atoms with E-state index in [0.717, 1.165) is 4.57 Å². The van der Waals surface area contributed by atoms with Gasteiger partial charge in [-0.3, -0.25) is 4.79 Å². The van der Waals surface area contributed by atoms with Gasteiger partial charge in [-0.15, -0.1) is 0 Å². The van der Waals surface area contributed by atoms with E-state index in [1.165, 1.54) is 0 Å².